The van der Waals surface area contributed by atoms with Gasteiger partial charge in [-0.2, -0.15) is 0 Å². The van der Waals surface area contributed by atoms with E-state index in [1.807, 2.05) is 44.2 Å². The number of aromatic hydroxyl groups is 1. The molecule has 0 spiro atoms. The molecule has 1 unspecified atom stereocenters. The van der Waals surface area contributed by atoms with Gasteiger partial charge in [0.15, 0.2) is 5.76 Å². The highest BCUT2D eigenvalue weighted by Gasteiger charge is 2.17. The lowest BCUT2D eigenvalue weighted by molar-refractivity contribution is 0.0917. The van der Waals surface area contributed by atoms with E-state index < -0.39 is 11.5 Å². The summed E-state index contributed by atoms with van der Waals surface area (Å²) in [5.74, 6) is -0.781. The first-order chi connectivity index (χ1) is 11.0. The molecule has 1 aromatic heterocycles. The molecule has 3 N–H and O–H groups in total. The van der Waals surface area contributed by atoms with Crippen LogP contribution in [0.25, 0.3) is 0 Å². The number of amides is 1. The molecule has 0 saturated carbocycles. The molecule has 1 amide bonds. The van der Waals surface area contributed by atoms with E-state index in [9.17, 15) is 14.7 Å². The number of anilines is 1. The molecule has 6 nitrogen and oxygen atoms in total. The van der Waals surface area contributed by atoms with Crippen molar-refractivity contribution in [2.75, 3.05) is 11.9 Å². The summed E-state index contributed by atoms with van der Waals surface area (Å²) in [7, 11) is 0. The Morgan fingerprint density at radius 3 is 2.52 bits per heavy atom. The summed E-state index contributed by atoms with van der Waals surface area (Å²) < 4.78 is 4.78. The van der Waals surface area contributed by atoms with Gasteiger partial charge >= 0.3 is 5.63 Å². The normalized spacial score (nSPS) is 12.0. The van der Waals surface area contributed by atoms with Gasteiger partial charge in [0.2, 0.25) is 0 Å². The quantitative estimate of drug-likeness (QED) is 0.760. The average molecular weight is 316 g/mol. The van der Waals surface area contributed by atoms with Crippen LogP contribution in [0, 0.1) is 5.92 Å². The van der Waals surface area contributed by atoms with E-state index in [0.29, 0.717) is 6.54 Å². The maximum Gasteiger partial charge on any atom is 0.340 e. The Balaban J connectivity index is 2.01. The number of para-hydroxylation sites is 1. The fourth-order valence-corrected chi connectivity index (χ4v) is 2.07. The summed E-state index contributed by atoms with van der Waals surface area (Å²) >= 11 is 0. The molecule has 0 radical (unpaired) electrons. The second kappa shape index (κ2) is 7.49. The molecule has 2 rings (SSSR count). The van der Waals surface area contributed by atoms with Crippen molar-refractivity contribution in [3.8, 4) is 5.75 Å². The number of rotatable bonds is 6. The first kappa shape index (κ1) is 16.6. The largest absolute Gasteiger partial charge is 0.508 e. The molecule has 1 atom stereocenters. The second-order valence-corrected chi connectivity index (χ2v) is 5.57. The molecule has 2 aromatic rings. The van der Waals surface area contributed by atoms with Crippen LogP contribution in [0.2, 0.25) is 0 Å². The van der Waals surface area contributed by atoms with E-state index in [0.717, 1.165) is 17.8 Å². The Hall–Kier alpha value is -2.76. The minimum Gasteiger partial charge on any atom is -0.508 e. The van der Waals surface area contributed by atoms with Gasteiger partial charge in [0.1, 0.15) is 5.75 Å². The van der Waals surface area contributed by atoms with Crippen LogP contribution in [0.4, 0.5) is 5.69 Å². The van der Waals surface area contributed by atoms with Gasteiger partial charge in [-0.25, -0.2) is 4.79 Å². The van der Waals surface area contributed by atoms with Crippen molar-refractivity contribution in [3.63, 3.8) is 0 Å². The fourth-order valence-electron chi connectivity index (χ4n) is 2.07. The zero-order valence-electron chi connectivity index (χ0n) is 13.1. The molecule has 6 heteroatoms. The predicted molar refractivity (Wildman–Crippen MR) is 87.7 cm³/mol. The lowest BCUT2D eigenvalue weighted by Crippen LogP contribution is -2.39. The van der Waals surface area contributed by atoms with Crippen molar-refractivity contribution in [3.05, 3.63) is 58.6 Å². The van der Waals surface area contributed by atoms with Gasteiger partial charge in [-0.3, -0.25) is 4.79 Å². The average Bonchev–Trinajstić information content (AvgIpc) is 2.50. The highest BCUT2D eigenvalue weighted by molar-refractivity contribution is 5.91. The van der Waals surface area contributed by atoms with Crippen molar-refractivity contribution in [2.45, 2.75) is 19.9 Å². The van der Waals surface area contributed by atoms with Gasteiger partial charge < -0.3 is 20.2 Å². The SMILES string of the molecule is CC(C)C(CNC(=O)c1cc(O)cc(=O)o1)Nc1ccccc1. The highest BCUT2D eigenvalue weighted by atomic mass is 16.4. The Kier molecular flexibility index (Phi) is 5.41. The topological polar surface area (TPSA) is 91.6 Å². The Bertz CT molecular complexity index is 710. The van der Waals surface area contributed by atoms with Gasteiger partial charge in [-0.15, -0.1) is 0 Å². The maximum atomic E-state index is 12.0. The summed E-state index contributed by atoms with van der Waals surface area (Å²) in [4.78, 5) is 23.2. The molecule has 0 aliphatic carbocycles. The van der Waals surface area contributed by atoms with Crippen molar-refractivity contribution in [2.24, 2.45) is 5.92 Å². The van der Waals surface area contributed by atoms with Crippen LogP contribution in [0.3, 0.4) is 0 Å². The molecule has 0 bridgehead atoms. The van der Waals surface area contributed by atoms with Crippen LogP contribution in [0.5, 0.6) is 5.75 Å². The predicted octanol–water partition coefficient (Wildman–Crippen LogP) is 2.21. The van der Waals surface area contributed by atoms with Crippen LogP contribution < -0.4 is 16.3 Å². The summed E-state index contributed by atoms with van der Waals surface area (Å²) in [6.45, 7) is 4.44. The molecule has 1 aromatic carbocycles. The highest BCUT2D eigenvalue weighted by Crippen LogP contribution is 2.12. The van der Waals surface area contributed by atoms with Crippen LogP contribution in [-0.2, 0) is 0 Å². The van der Waals surface area contributed by atoms with Gasteiger partial charge in [-0.05, 0) is 18.1 Å². The number of carbonyl (C=O) groups is 1. The minimum atomic E-state index is -0.766. The van der Waals surface area contributed by atoms with Crippen molar-refractivity contribution in [1.82, 2.24) is 5.32 Å². The zero-order valence-corrected chi connectivity index (χ0v) is 13.1. The Morgan fingerprint density at radius 2 is 1.91 bits per heavy atom. The number of hydrogen-bond donors (Lipinski definition) is 3. The van der Waals surface area contributed by atoms with E-state index in [1.165, 1.54) is 0 Å². The molecule has 23 heavy (non-hydrogen) atoms. The second-order valence-electron chi connectivity index (χ2n) is 5.57. The smallest absolute Gasteiger partial charge is 0.340 e. The summed E-state index contributed by atoms with van der Waals surface area (Å²) in [6.07, 6.45) is 0. The van der Waals surface area contributed by atoms with Crippen LogP contribution >= 0.6 is 0 Å². The minimum absolute atomic E-state index is 0.00498. The Morgan fingerprint density at radius 1 is 1.22 bits per heavy atom. The van der Waals surface area contributed by atoms with E-state index in [-0.39, 0.29) is 23.5 Å². The summed E-state index contributed by atoms with van der Waals surface area (Å²) in [5, 5.41) is 15.4. The molecule has 122 valence electrons. The van der Waals surface area contributed by atoms with Gasteiger partial charge in [0.25, 0.3) is 5.91 Å². The number of hydrogen-bond acceptors (Lipinski definition) is 5. The van der Waals surface area contributed by atoms with Crippen LogP contribution in [-0.4, -0.2) is 23.6 Å². The maximum absolute atomic E-state index is 12.0. The van der Waals surface area contributed by atoms with Crippen LogP contribution in [0.15, 0.2) is 51.7 Å². The van der Waals surface area contributed by atoms with E-state index in [4.69, 9.17) is 4.42 Å². The third-order valence-electron chi connectivity index (χ3n) is 3.39. The Labute approximate surface area is 134 Å². The van der Waals surface area contributed by atoms with Crippen molar-refractivity contribution in [1.29, 1.82) is 0 Å². The van der Waals surface area contributed by atoms with E-state index in [2.05, 4.69) is 10.6 Å². The first-order valence-corrected chi connectivity index (χ1v) is 7.39. The van der Waals surface area contributed by atoms with Crippen molar-refractivity contribution >= 4 is 11.6 Å². The van der Waals surface area contributed by atoms with E-state index in [1.54, 1.807) is 0 Å². The number of carbonyl (C=O) groups excluding carboxylic acids is 1. The lowest BCUT2D eigenvalue weighted by Gasteiger charge is -2.23. The number of benzene rings is 1. The summed E-state index contributed by atoms with van der Waals surface area (Å²) in [5.41, 5.74) is 0.197. The molecular weight excluding hydrogens is 296 g/mol. The molecule has 0 aliphatic rings. The molecule has 1 heterocycles. The molecule has 0 aliphatic heterocycles. The van der Waals surface area contributed by atoms with Gasteiger partial charge in [0.05, 0.1) is 6.07 Å². The molecular formula is C17H20N2O4. The van der Waals surface area contributed by atoms with E-state index >= 15 is 0 Å². The number of nitrogens with one attached hydrogen (secondary N) is 2. The standard InChI is InChI=1S/C17H20N2O4/c1-11(2)14(19-12-6-4-3-5-7-12)10-18-17(22)15-8-13(20)9-16(21)23-15/h3-9,11,14,19-20H,10H2,1-2H3,(H,18,22). The van der Waals surface area contributed by atoms with Crippen LogP contribution in [0.1, 0.15) is 24.4 Å². The fraction of sp³-hybridized carbons (Fsp3) is 0.294. The monoisotopic (exact) mass is 316 g/mol. The van der Waals surface area contributed by atoms with Crippen molar-refractivity contribution < 1.29 is 14.3 Å². The zero-order chi connectivity index (χ0) is 16.8. The first-order valence-electron chi connectivity index (χ1n) is 7.39. The third kappa shape index (κ3) is 4.88. The molecule has 0 saturated heterocycles. The summed E-state index contributed by atoms with van der Waals surface area (Å²) in [6, 6.07) is 11.7. The lowest BCUT2D eigenvalue weighted by atomic mass is 10.0. The van der Waals surface area contributed by atoms with Gasteiger partial charge in [0, 0.05) is 24.3 Å². The third-order valence-corrected chi connectivity index (χ3v) is 3.39. The van der Waals surface area contributed by atoms with Gasteiger partial charge in [-0.1, -0.05) is 32.0 Å². The molecule has 0 fully saturated rings.